The van der Waals surface area contributed by atoms with Gasteiger partial charge in [0, 0.05) is 13.0 Å². The summed E-state index contributed by atoms with van der Waals surface area (Å²) in [5, 5.41) is 10.3. The van der Waals surface area contributed by atoms with Crippen molar-refractivity contribution in [3.8, 4) is 0 Å². The highest BCUT2D eigenvalue weighted by molar-refractivity contribution is 5.95. The van der Waals surface area contributed by atoms with Crippen LogP contribution in [0.4, 0.5) is 5.69 Å². The summed E-state index contributed by atoms with van der Waals surface area (Å²) in [6, 6.07) is 6.32. The lowest BCUT2D eigenvalue weighted by molar-refractivity contribution is -0.120. The summed E-state index contributed by atoms with van der Waals surface area (Å²) in [5.41, 5.74) is 3.69. The number of nitrogens with one attached hydrogen (secondary N) is 1. The average Bonchev–Trinajstić information content (AvgIpc) is 2.30. The van der Waals surface area contributed by atoms with Crippen molar-refractivity contribution in [3.05, 3.63) is 29.8 Å². The molecule has 0 spiro atoms. The lowest BCUT2D eigenvalue weighted by Gasteiger charge is -2.27. The Kier molecular flexibility index (Phi) is 2.87. The molecular weight excluding hydrogens is 208 g/mol. The van der Waals surface area contributed by atoms with Gasteiger partial charge in [0.2, 0.25) is 5.91 Å². The van der Waals surface area contributed by atoms with Crippen LogP contribution in [-0.2, 0) is 4.79 Å². The molecule has 1 aliphatic heterocycles. The van der Waals surface area contributed by atoms with E-state index >= 15 is 0 Å². The van der Waals surface area contributed by atoms with Crippen LogP contribution in [0.3, 0.4) is 0 Å². The Morgan fingerprint density at radius 1 is 1.44 bits per heavy atom. The lowest BCUT2D eigenvalue weighted by Crippen LogP contribution is -2.47. The standard InChI is InChI=1S/C11H12N2O3/c14-10-5-2-6-12-13(10)9-4-1-3-8(7-9)11(15)16/h1,3-4,7,12H,2,5-6H2,(H,15,16). The van der Waals surface area contributed by atoms with Crippen molar-refractivity contribution in [2.24, 2.45) is 0 Å². The molecule has 1 heterocycles. The van der Waals surface area contributed by atoms with E-state index in [1.807, 2.05) is 0 Å². The Balaban J connectivity index is 2.28. The Labute approximate surface area is 92.6 Å². The molecule has 0 unspecified atom stereocenters. The van der Waals surface area contributed by atoms with Gasteiger partial charge in [-0.2, -0.15) is 0 Å². The zero-order valence-electron chi connectivity index (χ0n) is 8.64. The molecule has 0 aromatic heterocycles. The molecule has 1 aromatic rings. The number of rotatable bonds is 2. The number of aromatic carboxylic acids is 1. The molecule has 16 heavy (non-hydrogen) atoms. The zero-order valence-corrected chi connectivity index (χ0v) is 8.64. The van der Waals surface area contributed by atoms with Crippen molar-refractivity contribution in [3.63, 3.8) is 0 Å². The maximum atomic E-state index is 11.6. The van der Waals surface area contributed by atoms with Crippen LogP contribution in [0.25, 0.3) is 0 Å². The van der Waals surface area contributed by atoms with E-state index in [9.17, 15) is 9.59 Å². The van der Waals surface area contributed by atoms with Crippen LogP contribution in [0, 0.1) is 0 Å². The van der Waals surface area contributed by atoms with Gasteiger partial charge in [-0.1, -0.05) is 6.07 Å². The smallest absolute Gasteiger partial charge is 0.335 e. The third kappa shape index (κ3) is 2.04. The molecule has 5 nitrogen and oxygen atoms in total. The number of carboxylic acids is 1. The molecule has 5 heteroatoms. The number of hydrogen-bond acceptors (Lipinski definition) is 3. The Morgan fingerprint density at radius 3 is 2.94 bits per heavy atom. The number of hydrogen-bond donors (Lipinski definition) is 2. The fourth-order valence-electron chi connectivity index (χ4n) is 1.64. The third-order valence-corrected chi connectivity index (χ3v) is 2.44. The topological polar surface area (TPSA) is 69.6 Å². The van der Waals surface area contributed by atoms with Crippen molar-refractivity contribution < 1.29 is 14.7 Å². The molecule has 1 aromatic carbocycles. The average molecular weight is 220 g/mol. The van der Waals surface area contributed by atoms with Gasteiger partial charge >= 0.3 is 5.97 Å². The van der Waals surface area contributed by atoms with Crippen molar-refractivity contribution in [1.82, 2.24) is 5.43 Å². The Bertz CT molecular complexity index is 431. The van der Waals surface area contributed by atoms with Crippen LogP contribution in [0.5, 0.6) is 0 Å². The number of hydrazine groups is 1. The summed E-state index contributed by atoms with van der Waals surface area (Å²) >= 11 is 0. The van der Waals surface area contributed by atoms with Gasteiger partial charge in [-0.25, -0.2) is 15.2 Å². The van der Waals surface area contributed by atoms with Crippen molar-refractivity contribution in [2.45, 2.75) is 12.8 Å². The summed E-state index contributed by atoms with van der Waals surface area (Å²) in [5.74, 6) is -1.03. The summed E-state index contributed by atoms with van der Waals surface area (Å²) in [6.07, 6.45) is 1.30. The van der Waals surface area contributed by atoms with Gasteiger partial charge in [-0.3, -0.25) is 4.79 Å². The van der Waals surface area contributed by atoms with E-state index in [1.165, 1.54) is 17.1 Å². The van der Waals surface area contributed by atoms with E-state index in [-0.39, 0.29) is 11.5 Å². The normalized spacial score (nSPS) is 16.2. The van der Waals surface area contributed by atoms with Gasteiger partial charge in [0.05, 0.1) is 11.3 Å². The highest BCUT2D eigenvalue weighted by Crippen LogP contribution is 2.17. The molecule has 2 N–H and O–H groups in total. The molecule has 0 saturated carbocycles. The minimum atomic E-state index is -0.994. The maximum Gasteiger partial charge on any atom is 0.335 e. The molecule has 0 radical (unpaired) electrons. The first-order valence-corrected chi connectivity index (χ1v) is 5.08. The summed E-state index contributed by atoms with van der Waals surface area (Å²) in [6.45, 7) is 0.725. The Hall–Kier alpha value is -1.88. The van der Waals surface area contributed by atoms with Gasteiger partial charge in [-0.05, 0) is 24.6 Å². The quantitative estimate of drug-likeness (QED) is 0.780. The number of amides is 1. The zero-order chi connectivity index (χ0) is 11.5. The fraction of sp³-hybridized carbons (Fsp3) is 0.273. The monoisotopic (exact) mass is 220 g/mol. The third-order valence-electron chi connectivity index (χ3n) is 2.44. The predicted molar refractivity (Wildman–Crippen MR) is 58.1 cm³/mol. The highest BCUT2D eigenvalue weighted by Gasteiger charge is 2.19. The van der Waals surface area contributed by atoms with E-state index in [2.05, 4.69) is 5.43 Å². The molecule has 0 bridgehead atoms. The second kappa shape index (κ2) is 4.32. The highest BCUT2D eigenvalue weighted by atomic mass is 16.4. The first kappa shape index (κ1) is 10.6. The van der Waals surface area contributed by atoms with E-state index < -0.39 is 5.97 Å². The number of carbonyl (C=O) groups is 2. The molecule has 0 aliphatic carbocycles. The van der Waals surface area contributed by atoms with Crippen LogP contribution < -0.4 is 10.4 Å². The molecule has 1 fully saturated rings. The number of nitrogens with zero attached hydrogens (tertiary/aromatic N) is 1. The minimum Gasteiger partial charge on any atom is -0.478 e. The van der Waals surface area contributed by atoms with Crippen LogP contribution in [0.15, 0.2) is 24.3 Å². The minimum absolute atomic E-state index is 0.0335. The van der Waals surface area contributed by atoms with Crippen LogP contribution >= 0.6 is 0 Å². The van der Waals surface area contributed by atoms with Crippen molar-refractivity contribution >= 4 is 17.6 Å². The van der Waals surface area contributed by atoms with Crippen LogP contribution in [0.2, 0.25) is 0 Å². The number of carboxylic acid groups (broad SMARTS) is 1. The first-order chi connectivity index (χ1) is 7.68. The molecule has 0 atom stereocenters. The molecule has 2 rings (SSSR count). The van der Waals surface area contributed by atoms with E-state index in [1.54, 1.807) is 12.1 Å². The predicted octanol–water partition coefficient (Wildman–Crippen LogP) is 1.02. The maximum absolute atomic E-state index is 11.6. The first-order valence-electron chi connectivity index (χ1n) is 5.08. The number of anilines is 1. The Morgan fingerprint density at radius 2 is 2.25 bits per heavy atom. The van der Waals surface area contributed by atoms with E-state index in [4.69, 9.17) is 5.11 Å². The largest absolute Gasteiger partial charge is 0.478 e. The van der Waals surface area contributed by atoms with Gasteiger partial charge < -0.3 is 5.11 Å². The number of benzene rings is 1. The molecule has 1 amide bonds. The van der Waals surface area contributed by atoms with E-state index in [0.717, 1.165) is 13.0 Å². The SMILES string of the molecule is O=C(O)c1cccc(N2NCCCC2=O)c1. The van der Waals surface area contributed by atoms with Gasteiger partial charge in [-0.15, -0.1) is 0 Å². The van der Waals surface area contributed by atoms with Crippen LogP contribution in [-0.4, -0.2) is 23.5 Å². The number of carbonyl (C=O) groups excluding carboxylic acids is 1. The molecule has 1 aliphatic rings. The molecule has 84 valence electrons. The summed E-state index contributed by atoms with van der Waals surface area (Å²) in [7, 11) is 0. The van der Waals surface area contributed by atoms with Crippen molar-refractivity contribution in [1.29, 1.82) is 0 Å². The second-order valence-electron chi connectivity index (χ2n) is 3.60. The summed E-state index contributed by atoms with van der Waals surface area (Å²) in [4.78, 5) is 22.4. The van der Waals surface area contributed by atoms with Crippen LogP contribution in [0.1, 0.15) is 23.2 Å². The van der Waals surface area contributed by atoms with Gasteiger partial charge in [0.15, 0.2) is 0 Å². The lowest BCUT2D eigenvalue weighted by atomic mass is 10.1. The van der Waals surface area contributed by atoms with Gasteiger partial charge in [0.25, 0.3) is 0 Å². The molecule has 1 saturated heterocycles. The summed E-state index contributed by atoms with van der Waals surface area (Å²) < 4.78 is 0. The second-order valence-corrected chi connectivity index (χ2v) is 3.60. The van der Waals surface area contributed by atoms with E-state index in [0.29, 0.717) is 12.1 Å². The van der Waals surface area contributed by atoms with Crippen molar-refractivity contribution in [2.75, 3.05) is 11.6 Å². The molecular formula is C11H12N2O3. The van der Waals surface area contributed by atoms with Gasteiger partial charge in [0.1, 0.15) is 0 Å². The fourth-order valence-corrected chi connectivity index (χ4v) is 1.64.